The number of carboxylic acids is 1. The van der Waals surface area contributed by atoms with Gasteiger partial charge in [-0.2, -0.15) is 0 Å². The van der Waals surface area contributed by atoms with Gasteiger partial charge in [0.1, 0.15) is 48.8 Å². The van der Waals surface area contributed by atoms with Crippen LogP contribution in [0.15, 0.2) is 40.4 Å². The van der Waals surface area contributed by atoms with Crippen LogP contribution in [0.5, 0.6) is 0 Å². The molecule has 2 aliphatic rings. The standard InChI is InChI=1S/C49H77N17O11/c1-4-26(2)39(45(75)59-25-38(68)69)64-43(73)33(14-8-20-57-49(54)55)61-40(70)27(3)60-42(72)32(13-7-19-56-48(52)53)62-44(74)35-15-9-21-65(35)47(77)36-16-10-22-66(36)46(76)34(17-18-37(51)67)63-41(71)30(50)23-28-24-58-31-12-6-5-11-29(28)31/h5-6,11-12,24,26-27,30,32-36,39,58H,4,7-10,13-23,25,50H2,1-3H3,(H2,51,67)(H,59,75)(H,60,72)(H,61,70)(H,62,74)(H,63,71)(H,64,73)(H,68,69)(H4,52,53,56)(H4,54,55,57)/t26-,27-,30-,32-,33-,34-,35-,36-,39-/m0/s1. The zero-order chi connectivity index (χ0) is 56.9. The number of guanidine groups is 2. The number of primary amides is 1. The molecule has 2 fully saturated rings. The SMILES string of the molecule is CC[C@H](C)[C@H](NC(=O)[C@H](CCCN=C(N)N)NC(=O)[C@H](C)NC(=O)[C@H](CCCN=C(N)N)NC(=O)[C@@H]1CCCN1C(=O)[C@@H]1CCCN1C(=O)[C@H](CCC(N)=O)NC(=O)[C@@H](N)Cc1c[nH]c2ccccc12)C(=O)NCC(=O)O. The molecule has 2 saturated heterocycles. The van der Waals surface area contributed by atoms with Gasteiger partial charge in [-0.3, -0.25) is 57.9 Å². The zero-order valence-electron chi connectivity index (χ0n) is 43.9. The second-order valence-electron chi connectivity index (χ2n) is 19.3. The summed E-state index contributed by atoms with van der Waals surface area (Å²) in [6.45, 7) is 4.53. The highest BCUT2D eigenvalue weighted by Crippen LogP contribution is 2.27. The number of para-hydroxylation sites is 1. The number of carbonyl (C=O) groups excluding carboxylic acids is 9. The fourth-order valence-electron chi connectivity index (χ4n) is 9.15. The van der Waals surface area contributed by atoms with E-state index in [0.717, 1.165) is 16.5 Å². The van der Waals surface area contributed by atoms with E-state index in [0.29, 0.717) is 19.3 Å². The maximum atomic E-state index is 14.5. The minimum atomic E-state index is -1.32. The van der Waals surface area contributed by atoms with Gasteiger partial charge in [0.25, 0.3) is 0 Å². The lowest BCUT2D eigenvalue weighted by atomic mass is 9.97. The number of aliphatic imine (C=N–C) groups is 2. The van der Waals surface area contributed by atoms with E-state index in [2.05, 4.69) is 46.9 Å². The van der Waals surface area contributed by atoms with E-state index in [-0.39, 0.29) is 95.9 Å². The second kappa shape index (κ2) is 29.9. The van der Waals surface area contributed by atoms with Crippen molar-refractivity contribution in [3.05, 3.63) is 36.0 Å². The van der Waals surface area contributed by atoms with Crippen LogP contribution in [-0.2, 0) is 54.4 Å². The van der Waals surface area contributed by atoms with Gasteiger partial charge in [0.05, 0.1) is 6.04 Å². The van der Waals surface area contributed by atoms with Crippen LogP contribution < -0.4 is 66.3 Å². The van der Waals surface area contributed by atoms with Gasteiger partial charge in [0.15, 0.2) is 11.9 Å². The van der Waals surface area contributed by atoms with Gasteiger partial charge >= 0.3 is 5.97 Å². The van der Waals surface area contributed by atoms with Gasteiger partial charge in [-0.25, -0.2) is 0 Å². The summed E-state index contributed by atoms with van der Waals surface area (Å²) in [6.07, 6.45) is 3.47. The van der Waals surface area contributed by atoms with Crippen LogP contribution in [0.2, 0.25) is 0 Å². The topological polar surface area (TPSA) is 466 Å². The number of amides is 9. The Labute approximate surface area is 445 Å². The van der Waals surface area contributed by atoms with Crippen molar-refractivity contribution < 1.29 is 53.1 Å². The first-order valence-corrected chi connectivity index (χ1v) is 25.8. The maximum Gasteiger partial charge on any atom is 0.322 e. The highest BCUT2D eigenvalue weighted by molar-refractivity contribution is 5.98. The average molecular weight is 1080 g/mol. The number of nitrogens with one attached hydrogen (secondary N) is 7. The lowest BCUT2D eigenvalue weighted by Crippen LogP contribution is -2.59. The van der Waals surface area contributed by atoms with Gasteiger partial charge in [-0.05, 0) is 88.7 Å². The summed E-state index contributed by atoms with van der Waals surface area (Å²) < 4.78 is 0. The summed E-state index contributed by atoms with van der Waals surface area (Å²) >= 11 is 0. The molecule has 3 heterocycles. The number of carboxylic acid groups (broad SMARTS) is 1. The highest BCUT2D eigenvalue weighted by Gasteiger charge is 2.44. The Hall–Kier alpha value is -8.04. The van der Waals surface area contributed by atoms with E-state index in [1.165, 1.54) is 16.7 Å². The number of likely N-dealkylation sites (tertiary alicyclic amines) is 2. The summed E-state index contributed by atoms with van der Waals surface area (Å²) in [6, 6.07) is -2.05. The molecule has 2 aromatic rings. The van der Waals surface area contributed by atoms with Crippen molar-refractivity contribution in [2.75, 3.05) is 32.7 Å². The van der Waals surface area contributed by atoms with Crippen molar-refractivity contribution in [2.45, 2.75) is 146 Å². The van der Waals surface area contributed by atoms with Crippen LogP contribution in [0.4, 0.5) is 0 Å². The summed E-state index contributed by atoms with van der Waals surface area (Å²) in [5.74, 6) is -8.53. The van der Waals surface area contributed by atoms with Gasteiger partial charge in [-0.1, -0.05) is 38.5 Å². The number of H-pyrrole nitrogens is 1. The smallest absolute Gasteiger partial charge is 0.322 e. The molecule has 424 valence electrons. The number of nitrogens with zero attached hydrogens (tertiary/aromatic N) is 4. The Morgan fingerprint density at radius 3 is 1.91 bits per heavy atom. The van der Waals surface area contributed by atoms with Crippen molar-refractivity contribution in [1.82, 2.24) is 46.7 Å². The Kier molecular flexibility index (Phi) is 23.9. The molecule has 9 atom stereocenters. The number of aliphatic carboxylic acids is 1. The molecule has 0 unspecified atom stereocenters. The summed E-state index contributed by atoms with van der Waals surface area (Å²) in [5, 5.41) is 25.4. The van der Waals surface area contributed by atoms with Gasteiger partial charge in [0, 0.05) is 49.7 Å². The first kappa shape index (κ1) is 61.5. The fraction of sp³-hybridized carbons (Fsp3) is 0.592. The molecule has 1 aromatic heterocycles. The van der Waals surface area contributed by atoms with Gasteiger partial charge in [0.2, 0.25) is 53.2 Å². The third-order valence-corrected chi connectivity index (χ3v) is 13.5. The first-order chi connectivity index (χ1) is 36.5. The molecule has 9 amide bonds. The third kappa shape index (κ3) is 18.6. The van der Waals surface area contributed by atoms with Crippen LogP contribution in [0.25, 0.3) is 10.9 Å². The minimum Gasteiger partial charge on any atom is -0.480 e. The van der Waals surface area contributed by atoms with Crippen LogP contribution in [0.1, 0.15) is 97.0 Å². The largest absolute Gasteiger partial charge is 0.480 e. The molecule has 0 radical (unpaired) electrons. The normalized spacial score (nSPS) is 17.8. The third-order valence-electron chi connectivity index (χ3n) is 13.5. The molecule has 2 aliphatic heterocycles. The predicted molar refractivity (Wildman–Crippen MR) is 283 cm³/mol. The molecule has 28 heteroatoms. The van der Waals surface area contributed by atoms with Crippen molar-refractivity contribution >= 4 is 82.0 Å². The lowest BCUT2D eigenvalue weighted by Gasteiger charge is -2.33. The predicted octanol–water partition coefficient (Wildman–Crippen LogP) is -3.92. The molecule has 4 rings (SSSR count). The van der Waals surface area contributed by atoms with E-state index in [1.807, 2.05) is 24.3 Å². The Bertz CT molecular complexity index is 2490. The Morgan fingerprint density at radius 2 is 1.30 bits per heavy atom. The molecule has 77 heavy (non-hydrogen) atoms. The average Bonchev–Trinajstić information content (AvgIpc) is 4.19. The highest BCUT2D eigenvalue weighted by atomic mass is 16.4. The minimum absolute atomic E-state index is 0.0277. The number of fused-ring (bicyclic) bond motifs is 1. The molecular weight excluding hydrogens is 1000 g/mol. The summed E-state index contributed by atoms with van der Waals surface area (Å²) in [7, 11) is 0. The Balaban J connectivity index is 1.47. The van der Waals surface area contributed by atoms with Crippen LogP contribution in [-0.4, -0.2) is 172 Å². The molecule has 0 aliphatic carbocycles. The lowest BCUT2D eigenvalue weighted by molar-refractivity contribution is -0.148. The molecule has 1 aromatic carbocycles. The summed E-state index contributed by atoms with van der Waals surface area (Å²) in [4.78, 5) is 148. The van der Waals surface area contributed by atoms with Gasteiger partial charge < -0.3 is 86.2 Å². The van der Waals surface area contributed by atoms with Crippen molar-refractivity contribution in [3.63, 3.8) is 0 Å². The fourth-order valence-corrected chi connectivity index (χ4v) is 9.15. The van der Waals surface area contributed by atoms with Crippen molar-refractivity contribution in [2.24, 2.45) is 50.3 Å². The van der Waals surface area contributed by atoms with E-state index < -0.39 is 120 Å². The number of rotatable bonds is 30. The first-order valence-electron chi connectivity index (χ1n) is 25.8. The second-order valence-corrected chi connectivity index (χ2v) is 19.3. The van der Waals surface area contributed by atoms with Crippen molar-refractivity contribution in [1.29, 1.82) is 0 Å². The van der Waals surface area contributed by atoms with E-state index in [1.54, 1.807) is 20.0 Å². The molecule has 28 nitrogen and oxygen atoms in total. The van der Waals surface area contributed by atoms with Crippen LogP contribution in [0, 0.1) is 5.92 Å². The molecule has 20 N–H and O–H groups in total. The summed E-state index contributed by atoms with van der Waals surface area (Å²) in [5.41, 5.74) is 35.4. The Morgan fingerprint density at radius 1 is 0.714 bits per heavy atom. The molecule has 0 spiro atoms. The quantitative estimate of drug-likeness (QED) is 0.0202. The monoisotopic (exact) mass is 1080 g/mol. The maximum absolute atomic E-state index is 14.5. The van der Waals surface area contributed by atoms with E-state index in [4.69, 9.17) is 39.5 Å². The van der Waals surface area contributed by atoms with E-state index >= 15 is 0 Å². The number of hydrogen-bond donors (Lipinski definition) is 14. The molecule has 0 saturated carbocycles. The number of nitrogens with two attached hydrogens (primary N) is 6. The van der Waals surface area contributed by atoms with Gasteiger partial charge in [-0.15, -0.1) is 0 Å². The number of aromatic amines is 1. The van der Waals surface area contributed by atoms with Crippen LogP contribution in [0.3, 0.4) is 0 Å². The molecule has 0 bridgehead atoms. The number of aromatic nitrogens is 1. The van der Waals surface area contributed by atoms with E-state index in [9.17, 15) is 47.9 Å². The zero-order valence-corrected chi connectivity index (χ0v) is 43.9. The molecular formula is C49H77N17O11. The van der Waals surface area contributed by atoms with Crippen molar-refractivity contribution in [3.8, 4) is 0 Å². The number of carbonyl (C=O) groups is 10. The number of benzene rings is 1. The van der Waals surface area contributed by atoms with Crippen LogP contribution >= 0.6 is 0 Å². The number of hydrogen-bond acceptors (Lipinski definition) is 13.